The molecule has 0 bridgehead atoms. The molecule has 0 heterocycles. The topological polar surface area (TPSA) is 72.9 Å². The fraction of sp³-hybridized carbons (Fsp3) is 0.136. The van der Waals surface area contributed by atoms with Gasteiger partial charge in [-0.25, -0.2) is 8.42 Å². The zero-order chi connectivity index (χ0) is 20.9. The number of sulfonamides is 1. The van der Waals surface area contributed by atoms with E-state index in [2.05, 4.69) is 0 Å². The molecule has 0 aliphatic heterocycles. The second kappa shape index (κ2) is 8.79. The van der Waals surface area contributed by atoms with E-state index in [1.165, 1.54) is 11.4 Å². The summed E-state index contributed by atoms with van der Waals surface area (Å²) in [5, 5.41) is 0. The summed E-state index contributed by atoms with van der Waals surface area (Å²) in [5.41, 5.74) is 1.24. The van der Waals surface area contributed by atoms with Crippen LogP contribution in [0.3, 0.4) is 0 Å². The van der Waals surface area contributed by atoms with Gasteiger partial charge in [-0.2, -0.15) is 0 Å². The van der Waals surface area contributed by atoms with E-state index in [1.807, 2.05) is 6.07 Å². The van der Waals surface area contributed by atoms with E-state index in [-0.39, 0.29) is 11.3 Å². The molecule has 0 saturated carbocycles. The van der Waals surface area contributed by atoms with Crippen LogP contribution in [0, 0.1) is 0 Å². The number of benzene rings is 3. The van der Waals surface area contributed by atoms with Crippen LogP contribution in [0.4, 0.5) is 5.69 Å². The van der Waals surface area contributed by atoms with Crippen molar-refractivity contribution in [3.63, 3.8) is 0 Å². The Morgan fingerprint density at radius 3 is 2.24 bits per heavy atom. The van der Waals surface area contributed by atoms with Gasteiger partial charge in [0.05, 0.1) is 24.1 Å². The molecule has 3 aromatic rings. The maximum atomic E-state index is 12.7. The van der Waals surface area contributed by atoms with E-state index >= 15 is 0 Å². The molecule has 0 unspecified atom stereocenters. The van der Waals surface area contributed by atoms with Crippen LogP contribution in [0.25, 0.3) is 0 Å². The Bertz CT molecular complexity index is 1080. The lowest BCUT2D eigenvalue weighted by Gasteiger charge is -2.19. The summed E-state index contributed by atoms with van der Waals surface area (Å²) in [6.45, 7) is 0. The van der Waals surface area contributed by atoms with Crippen molar-refractivity contribution in [1.29, 1.82) is 0 Å². The van der Waals surface area contributed by atoms with Crippen molar-refractivity contribution >= 4 is 21.7 Å². The van der Waals surface area contributed by atoms with Gasteiger partial charge in [0.1, 0.15) is 11.5 Å². The molecule has 0 saturated heterocycles. The van der Waals surface area contributed by atoms with Gasteiger partial charge in [-0.1, -0.05) is 30.3 Å². The molecular formula is C22H21NO5S. The fourth-order valence-electron chi connectivity index (χ4n) is 2.73. The highest BCUT2D eigenvalue weighted by atomic mass is 32.2. The third kappa shape index (κ3) is 4.94. The molecule has 0 aliphatic rings. The van der Waals surface area contributed by atoms with Crippen molar-refractivity contribution in [2.75, 3.05) is 18.5 Å². The Morgan fingerprint density at radius 1 is 0.897 bits per heavy atom. The average Bonchev–Trinajstić information content (AvgIpc) is 2.74. The lowest BCUT2D eigenvalue weighted by molar-refractivity contribution is -0.133. The number of methoxy groups -OCH3 is 1. The van der Waals surface area contributed by atoms with Crippen LogP contribution in [-0.4, -0.2) is 28.5 Å². The third-order valence-corrected chi connectivity index (χ3v) is 6.12. The minimum absolute atomic E-state index is 0.0985. The summed E-state index contributed by atoms with van der Waals surface area (Å²) < 4.78 is 37.0. The molecule has 0 aliphatic carbocycles. The van der Waals surface area contributed by atoms with Crippen molar-refractivity contribution in [2.24, 2.45) is 0 Å². The Morgan fingerprint density at radius 2 is 1.59 bits per heavy atom. The maximum Gasteiger partial charge on any atom is 0.315 e. The molecular weight excluding hydrogens is 390 g/mol. The van der Waals surface area contributed by atoms with Crippen LogP contribution in [0.5, 0.6) is 11.5 Å². The van der Waals surface area contributed by atoms with E-state index in [1.54, 1.807) is 79.9 Å². The Labute approximate surface area is 170 Å². The normalized spacial score (nSPS) is 11.0. The monoisotopic (exact) mass is 411 g/mol. The molecule has 150 valence electrons. The zero-order valence-corrected chi connectivity index (χ0v) is 16.9. The first-order chi connectivity index (χ1) is 13.9. The van der Waals surface area contributed by atoms with Crippen LogP contribution < -0.4 is 13.8 Å². The summed E-state index contributed by atoms with van der Waals surface area (Å²) in [6.07, 6.45) is 0.0985. The molecule has 3 aromatic carbocycles. The first kappa shape index (κ1) is 20.4. The van der Waals surface area contributed by atoms with Gasteiger partial charge < -0.3 is 9.47 Å². The van der Waals surface area contributed by atoms with E-state index in [0.717, 1.165) is 5.56 Å². The average molecular weight is 411 g/mol. The Hall–Kier alpha value is -3.32. The van der Waals surface area contributed by atoms with Gasteiger partial charge in [0.25, 0.3) is 10.0 Å². The quantitative estimate of drug-likeness (QED) is 0.438. The van der Waals surface area contributed by atoms with E-state index in [0.29, 0.717) is 17.2 Å². The van der Waals surface area contributed by atoms with Crippen molar-refractivity contribution < 1.29 is 22.7 Å². The SMILES string of the molecule is COc1cccc(CC(=O)Oc2ccc(N(C)S(=O)(=O)c3ccccc3)cc2)c1. The highest BCUT2D eigenvalue weighted by Crippen LogP contribution is 2.24. The van der Waals surface area contributed by atoms with Gasteiger partial charge in [-0.05, 0) is 54.1 Å². The highest BCUT2D eigenvalue weighted by molar-refractivity contribution is 7.92. The van der Waals surface area contributed by atoms with Gasteiger partial charge in [0.15, 0.2) is 0 Å². The first-order valence-corrected chi connectivity index (χ1v) is 10.3. The lowest BCUT2D eigenvalue weighted by atomic mass is 10.1. The van der Waals surface area contributed by atoms with Crippen LogP contribution in [0.15, 0.2) is 83.8 Å². The fourth-order valence-corrected chi connectivity index (χ4v) is 3.95. The largest absolute Gasteiger partial charge is 0.497 e. The van der Waals surface area contributed by atoms with E-state index in [9.17, 15) is 13.2 Å². The summed E-state index contributed by atoms with van der Waals surface area (Å²) in [7, 11) is -0.620. The number of nitrogens with zero attached hydrogens (tertiary/aromatic N) is 1. The van der Waals surface area contributed by atoms with Gasteiger partial charge in [-0.15, -0.1) is 0 Å². The number of esters is 1. The molecule has 0 radical (unpaired) electrons. The molecule has 3 rings (SSSR count). The molecule has 0 aromatic heterocycles. The van der Waals surface area contributed by atoms with E-state index < -0.39 is 16.0 Å². The van der Waals surface area contributed by atoms with Crippen molar-refractivity contribution in [2.45, 2.75) is 11.3 Å². The van der Waals surface area contributed by atoms with Gasteiger partial charge in [0, 0.05) is 7.05 Å². The number of carbonyl (C=O) groups is 1. The van der Waals surface area contributed by atoms with Gasteiger partial charge in [0.2, 0.25) is 0 Å². The first-order valence-electron chi connectivity index (χ1n) is 8.88. The third-order valence-electron chi connectivity index (χ3n) is 4.32. The number of anilines is 1. The van der Waals surface area contributed by atoms with Gasteiger partial charge >= 0.3 is 5.97 Å². The van der Waals surface area contributed by atoms with E-state index in [4.69, 9.17) is 9.47 Å². The Balaban J connectivity index is 1.67. The van der Waals surface area contributed by atoms with Crippen LogP contribution in [-0.2, 0) is 21.2 Å². The number of hydrogen-bond donors (Lipinski definition) is 0. The van der Waals surface area contributed by atoms with Crippen molar-refractivity contribution in [1.82, 2.24) is 0 Å². The van der Waals surface area contributed by atoms with Crippen LogP contribution in [0.2, 0.25) is 0 Å². The Kier molecular flexibility index (Phi) is 6.19. The zero-order valence-electron chi connectivity index (χ0n) is 16.1. The smallest absolute Gasteiger partial charge is 0.315 e. The lowest BCUT2D eigenvalue weighted by Crippen LogP contribution is -2.26. The number of hydrogen-bond acceptors (Lipinski definition) is 5. The summed E-state index contributed by atoms with van der Waals surface area (Å²) in [5.74, 6) is 0.589. The van der Waals surface area contributed by atoms with Crippen molar-refractivity contribution in [3.05, 3.63) is 84.4 Å². The van der Waals surface area contributed by atoms with Crippen LogP contribution >= 0.6 is 0 Å². The van der Waals surface area contributed by atoms with Gasteiger partial charge in [-0.3, -0.25) is 9.10 Å². The molecule has 0 N–H and O–H groups in total. The standard InChI is InChI=1S/C22H21NO5S/c1-23(29(25,26)21-9-4-3-5-10-21)18-11-13-19(14-12-18)28-22(24)16-17-7-6-8-20(15-17)27-2/h3-15H,16H2,1-2H3. The molecule has 0 fully saturated rings. The van der Waals surface area contributed by atoms with Crippen molar-refractivity contribution in [3.8, 4) is 11.5 Å². The second-order valence-corrected chi connectivity index (χ2v) is 8.25. The minimum Gasteiger partial charge on any atom is -0.497 e. The molecule has 6 nitrogen and oxygen atoms in total. The highest BCUT2D eigenvalue weighted by Gasteiger charge is 2.21. The minimum atomic E-state index is -3.66. The molecule has 0 atom stereocenters. The summed E-state index contributed by atoms with van der Waals surface area (Å²) in [6, 6.07) is 21.7. The number of carbonyl (C=O) groups excluding carboxylic acids is 1. The molecule has 0 amide bonds. The van der Waals surface area contributed by atoms with Crippen LogP contribution in [0.1, 0.15) is 5.56 Å². The summed E-state index contributed by atoms with van der Waals surface area (Å²) >= 11 is 0. The summed E-state index contributed by atoms with van der Waals surface area (Å²) in [4.78, 5) is 12.4. The predicted molar refractivity (Wildman–Crippen MR) is 111 cm³/mol. The molecule has 7 heteroatoms. The molecule has 29 heavy (non-hydrogen) atoms. The number of rotatable bonds is 7. The maximum absolute atomic E-state index is 12.7. The predicted octanol–water partition coefficient (Wildman–Crippen LogP) is 3.67. The second-order valence-electron chi connectivity index (χ2n) is 6.28. The number of ether oxygens (including phenoxy) is 2. The molecule has 0 spiro atoms.